The molecular formula is C26H29N5O5. The molecule has 4 rings (SSSR count). The molecule has 1 saturated heterocycles. The number of rotatable bonds is 11. The first kappa shape index (κ1) is 25.2. The fourth-order valence-corrected chi connectivity index (χ4v) is 3.95. The number of ether oxygens (including phenoxy) is 1. The zero-order chi connectivity index (χ0) is 25.2. The average Bonchev–Trinajstić information content (AvgIpc) is 3.38. The minimum Gasteiger partial charge on any atom is -0.379 e. The summed E-state index contributed by atoms with van der Waals surface area (Å²) >= 11 is 0. The molecule has 1 aliphatic heterocycles. The Bertz CT molecular complexity index is 1130. The van der Waals surface area contributed by atoms with Gasteiger partial charge in [0.1, 0.15) is 12.3 Å². The van der Waals surface area contributed by atoms with Crippen molar-refractivity contribution in [3.63, 3.8) is 0 Å². The van der Waals surface area contributed by atoms with Gasteiger partial charge in [-0.25, -0.2) is 0 Å². The molecule has 10 heteroatoms. The number of morpholine rings is 1. The second-order valence-corrected chi connectivity index (χ2v) is 8.59. The van der Waals surface area contributed by atoms with Crippen molar-refractivity contribution in [2.24, 2.45) is 0 Å². The van der Waals surface area contributed by atoms with Gasteiger partial charge >= 0.3 is 0 Å². The molecule has 0 aliphatic carbocycles. The van der Waals surface area contributed by atoms with E-state index in [0.717, 1.165) is 24.2 Å². The summed E-state index contributed by atoms with van der Waals surface area (Å²) in [6.07, 6.45) is 4.50. The van der Waals surface area contributed by atoms with E-state index in [4.69, 9.17) is 9.26 Å². The zero-order valence-electron chi connectivity index (χ0n) is 19.8. The van der Waals surface area contributed by atoms with Crippen molar-refractivity contribution in [1.82, 2.24) is 25.7 Å². The number of aldehydes is 1. The summed E-state index contributed by atoms with van der Waals surface area (Å²) in [5, 5.41) is 9.39. The van der Waals surface area contributed by atoms with Gasteiger partial charge in [0, 0.05) is 38.0 Å². The molecule has 188 valence electrons. The highest BCUT2D eigenvalue weighted by molar-refractivity contribution is 5.96. The molecule has 2 atom stereocenters. The normalized spacial score (nSPS) is 15.6. The molecule has 0 bridgehead atoms. The van der Waals surface area contributed by atoms with E-state index in [1.54, 1.807) is 30.6 Å². The molecule has 2 N–H and O–H groups in total. The molecule has 10 nitrogen and oxygen atoms in total. The Labute approximate surface area is 209 Å². The zero-order valence-corrected chi connectivity index (χ0v) is 19.8. The van der Waals surface area contributed by atoms with Crippen LogP contribution in [0.3, 0.4) is 0 Å². The van der Waals surface area contributed by atoms with Crippen LogP contribution < -0.4 is 10.6 Å². The summed E-state index contributed by atoms with van der Waals surface area (Å²) in [4.78, 5) is 44.0. The summed E-state index contributed by atoms with van der Waals surface area (Å²) < 4.78 is 10.7. The lowest BCUT2D eigenvalue weighted by atomic mass is 10.0. The third kappa shape index (κ3) is 7.30. The monoisotopic (exact) mass is 491 g/mol. The number of hydrogen-bond acceptors (Lipinski definition) is 8. The summed E-state index contributed by atoms with van der Waals surface area (Å²) in [5.41, 5.74) is 1.81. The summed E-state index contributed by atoms with van der Waals surface area (Å²) in [6, 6.07) is 12.9. The van der Waals surface area contributed by atoms with Crippen molar-refractivity contribution < 1.29 is 23.6 Å². The van der Waals surface area contributed by atoms with E-state index in [9.17, 15) is 14.4 Å². The van der Waals surface area contributed by atoms with Crippen molar-refractivity contribution in [2.45, 2.75) is 31.5 Å². The van der Waals surface area contributed by atoms with Gasteiger partial charge in [-0.05, 0) is 29.7 Å². The lowest BCUT2D eigenvalue weighted by Crippen LogP contribution is -2.51. The van der Waals surface area contributed by atoms with Crippen molar-refractivity contribution >= 4 is 18.1 Å². The SMILES string of the molecule is O=C[C@H](Cc1ccccc1)NC(=O)[C@H](Cc1ccncc1)NC(=O)c1cc(CN2CCOCC2)on1. The number of nitrogens with zero attached hydrogens (tertiary/aromatic N) is 3. The summed E-state index contributed by atoms with van der Waals surface area (Å²) in [7, 11) is 0. The molecule has 1 aromatic carbocycles. The highest BCUT2D eigenvalue weighted by Crippen LogP contribution is 2.11. The first-order valence-electron chi connectivity index (χ1n) is 11.9. The summed E-state index contributed by atoms with van der Waals surface area (Å²) in [6.45, 7) is 3.37. The van der Waals surface area contributed by atoms with Crippen LogP contribution in [0, 0.1) is 0 Å². The highest BCUT2D eigenvalue weighted by atomic mass is 16.5. The largest absolute Gasteiger partial charge is 0.379 e. The van der Waals surface area contributed by atoms with E-state index in [2.05, 4.69) is 25.7 Å². The molecule has 0 unspecified atom stereocenters. The number of aromatic nitrogens is 2. The number of carbonyl (C=O) groups is 3. The van der Waals surface area contributed by atoms with Gasteiger partial charge in [0.05, 0.1) is 25.8 Å². The first-order chi connectivity index (χ1) is 17.6. The van der Waals surface area contributed by atoms with E-state index < -0.39 is 23.9 Å². The summed E-state index contributed by atoms with van der Waals surface area (Å²) in [5.74, 6) is -0.446. The molecule has 3 aromatic rings. The maximum absolute atomic E-state index is 13.2. The lowest BCUT2D eigenvalue weighted by molar-refractivity contribution is -0.125. The first-order valence-corrected chi connectivity index (χ1v) is 11.9. The van der Waals surface area contributed by atoms with Gasteiger partial charge in [-0.1, -0.05) is 35.5 Å². The van der Waals surface area contributed by atoms with E-state index in [0.29, 0.717) is 38.2 Å². The van der Waals surface area contributed by atoms with Crippen molar-refractivity contribution in [3.05, 3.63) is 83.5 Å². The maximum atomic E-state index is 13.2. The second kappa shape index (κ2) is 12.7. The van der Waals surface area contributed by atoms with Gasteiger partial charge < -0.3 is 24.7 Å². The number of hydrogen-bond donors (Lipinski definition) is 2. The van der Waals surface area contributed by atoms with E-state index >= 15 is 0 Å². The molecule has 0 saturated carbocycles. The van der Waals surface area contributed by atoms with Crippen LogP contribution in [0.15, 0.2) is 65.4 Å². The predicted molar refractivity (Wildman–Crippen MR) is 130 cm³/mol. The van der Waals surface area contributed by atoms with E-state index in [1.165, 1.54) is 0 Å². The van der Waals surface area contributed by atoms with Gasteiger partial charge in [-0.15, -0.1) is 0 Å². The number of carbonyl (C=O) groups excluding carboxylic acids is 3. The van der Waals surface area contributed by atoms with Crippen LogP contribution >= 0.6 is 0 Å². The number of benzene rings is 1. The van der Waals surface area contributed by atoms with Crippen molar-refractivity contribution in [2.75, 3.05) is 26.3 Å². The standard InChI is InChI=1S/C26H29N5O5/c32-18-21(14-19-4-2-1-3-5-19)28-25(33)23(15-20-6-8-27-9-7-20)29-26(34)24-16-22(36-30-24)17-31-10-12-35-13-11-31/h1-9,16,18,21,23H,10-15,17H2,(H,28,33)(H,29,34)/t21-,23-/m0/s1. The van der Waals surface area contributed by atoms with Crippen molar-refractivity contribution in [1.29, 1.82) is 0 Å². The molecule has 36 heavy (non-hydrogen) atoms. The van der Waals surface area contributed by atoms with Crippen LogP contribution in [0.25, 0.3) is 0 Å². The minimum absolute atomic E-state index is 0.0852. The quantitative estimate of drug-likeness (QED) is 0.383. The van der Waals surface area contributed by atoms with Crippen LogP contribution in [0.2, 0.25) is 0 Å². The van der Waals surface area contributed by atoms with Crippen LogP contribution in [-0.2, 0) is 33.7 Å². The Morgan fingerprint density at radius 2 is 1.72 bits per heavy atom. The third-order valence-corrected chi connectivity index (χ3v) is 5.88. The number of pyridine rings is 1. The molecule has 1 aliphatic rings. The Morgan fingerprint density at radius 3 is 2.44 bits per heavy atom. The minimum atomic E-state index is -0.933. The fraction of sp³-hybridized carbons (Fsp3) is 0.346. The molecule has 2 aromatic heterocycles. The van der Waals surface area contributed by atoms with Gasteiger partial charge in [0.15, 0.2) is 11.5 Å². The van der Waals surface area contributed by atoms with Gasteiger partial charge in [-0.3, -0.25) is 19.5 Å². The Kier molecular flexibility index (Phi) is 8.90. The van der Waals surface area contributed by atoms with Crippen LogP contribution in [0.5, 0.6) is 0 Å². The Hall–Kier alpha value is -3.89. The van der Waals surface area contributed by atoms with E-state index in [-0.39, 0.29) is 12.1 Å². The van der Waals surface area contributed by atoms with Crippen LogP contribution in [0.4, 0.5) is 0 Å². The maximum Gasteiger partial charge on any atom is 0.274 e. The van der Waals surface area contributed by atoms with Gasteiger partial charge in [0.2, 0.25) is 5.91 Å². The second-order valence-electron chi connectivity index (χ2n) is 8.59. The molecule has 0 radical (unpaired) electrons. The average molecular weight is 492 g/mol. The van der Waals surface area contributed by atoms with Crippen molar-refractivity contribution in [3.8, 4) is 0 Å². The van der Waals surface area contributed by atoms with E-state index in [1.807, 2.05) is 30.3 Å². The van der Waals surface area contributed by atoms with Crippen LogP contribution in [0.1, 0.15) is 27.4 Å². The molecule has 3 heterocycles. The predicted octanol–water partition coefficient (Wildman–Crippen LogP) is 1.17. The van der Waals surface area contributed by atoms with Gasteiger partial charge in [0.25, 0.3) is 5.91 Å². The number of nitrogens with one attached hydrogen (secondary N) is 2. The molecule has 0 spiro atoms. The van der Waals surface area contributed by atoms with Crippen LogP contribution in [-0.4, -0.2) is 71.5 Å². The molecular weight excluding hydrogens is 462 g/mol. The smallest absolute Gasteiger partial charge is 0.274 e. The highest BCUT2D eigenvalue weighted by Gasteiger charge is 2.26. The fourth-order valence-electron chi connectivity index (χ4n) is 3.95. The third-order valence-electron chi connectivity index (χ3n) is 5.88. The topological polar surface area (TPSA) is 127 Å². The Morgan fingerprint density at radius 1 is 1.00 bits per heavy atom. The molecule has 2 amide bonds. The van der Waals surface area contributed by atoms with Gasteiger partial charge in [-0.2, -0.15) is 0 Å². The Balaban J connectivity index is 1.42. The lowest BCUT2D eigenvalue weighted by Gasteiger charge is -2.25. The number of amides is 2. The molecule has 1 fully saturated rings.